The van der Waals surface area contributed by atoms with Crippen LogP contribution in [0.5, 0.6) is 0 Å². The zero-order chi connectivity index (χ0) is 14.8. The Morgan fingerprint density at radius 3 is 2.95 bits per heavy atom. The van der Waals surface area contributed by atoms with Crippen LogP contribution < -0.4 is 5.73 Å². The lowest BCUT2D eigenvalue weighted by Gasteiger charge is -2.27. The molecule has 1 saturated heterocycles. The minimum Gasteiger partial charge on any atom is -0.366 e. The van der Waals surface area contributed by atoms with Gasteiger partial charge in [0.25, 0.3) is 0 Å². The van der Waals surface area contributed by atoms with Gasteiger partial charge in [-0.1, -0.05) is 6.08 Å². The predicted molar refractivity (Wildman–Crippen MR) is 68.8 cm³/mol. The van der Waals surface area contributed by atoms with Crippen molar-refractivity contribution in [1.82, 2.24) is 4.90 Å². The molecule has 0 aromatic rings. The lowest BCUT2D eigenvalue weighted by Crippen LogP contribution is -2.30. The van der Waals surface area contributed by atoms with E-state index in [1.807, 2.05) is 6.08 Å². The lowest BCUT2D eigenvalue weighted by atomic mass is 10.1. The van der Waals surface area contributed by atoms with Crippen LogP contribution in [0.15, 0.2) is 24.0 Å². The van der Waals surface area contributed by atoms with Crippen LogP contribution in [0.3, 0.4) is 0 Å². The number of nitrogens with zero attached hydrogens (tertiary/aromatic N) is 1. The number of nitrogens with two attached hydrogens (primary N) is 1. The molecule has 0 aromatic heterocycles. The van der Waals surface area contributed by atoms with Gasteiger partial charge in [-0.3, -0.25) is 9.32 Å². The average Bonchev–Trinajstić information content (AvgIpc) is 2.84. The Morgan fingerprint density at radius 1 is 1.55 bits per heavy atom. The number of hydrogen-bond donors (Lipinski definition) is 3. The van der Waals surface area contributed by atoms with Crippen molar-refractivity contribution in [3.8, 4) is 0 Å². The highest BCUT2D eigenvalue weighted by Crippen LogP contribution is 2.37. The van der Waals surface area contributed by atoms with Crippen LogP contribution in [0.25, 0.3) is 0 Å². The number of amides is 1. The van der Waals surface area contributed by atoms with E-state index in [-0.39, 0.29) is 18.9 Å². The van der Waals surface area contributed by atoms with E-state index in [1.165, 1.54) is 0 Å². The average molecular weight is 304 g/mol. The van der Waals surface area contributed by atoms with Crippen LogP contribution in [0.1, 0.15) is 19.3 Å². The second-order valence-corrected chi connectivity index (χ2v) is 5.87. The van der Waals surface area contributed by atoms with Gasteiger partial charge >= 0.3 is 7.82 Å². The normalized spacial score (nSPS) is 26.7. The fraction of sp³-hybridized carbons (Fsp3) is 0.545. The number of primary amides is 1. The molecule has 2 atom stereocenters. The Bertz CT molecular complexity index is 485. The van der Waals surface area contributed by atoms with Crippen molar-refractivity contribution in [1.29, 1.82) is 0 Å². The van der Waals surface area contributed by atoms with Crippen LogP contribution in [-0.4, -0.2) is 39.5 Å². The van der Waals surface area contributed by atoms with Gasteiger partial charge in [-0.15, -0.1) is 0 Å². The molecular weight excluding hydrogens is 287 g/mol. The molecule has 0 radical (unpaired) electrons. The van der Waals surface area contributed by atoms with Gasteiger partial charge in [-0.05, 0) is 19.3 Å². The SMILES string of the molecule is NC(=O)C1=CN([C@H]2CC[C@@H](COP(=O)(O)O)O2)C=CC1. The first-order chi connectivity index (χ1) is 9.35. The number of allylic oxidation sites excluding steroid dienone is 1. The van der Waals surface area contributed by atoms with E-state index in [9.17, 15) is 9.36 Å². The first-order valence-electron chi connectivity index (χ1n) is 6.15. The van der Waals surface area contributed by atoms with Crippen molar-refractivity contribution in [3.05, 3.63) is 24.0 Å². The van der Waals surface area contributed by atoms with Crippen molar-refractivity contribution in [3.63, 3.8) is 0 Å². The molecule has 0 aromatic carbocycles. The summed E-state index contributed by atoms with van der Waals surface area (Å²) in [5.41, 5.74) is 5.73. The molecule has 20 heavy (non-hydrogen) atoms. The molecule has 0 aliphatic carbocycles. The molecule has 0 saturated carbocycles. The summed E-state index contributed by atoms with van der Waals surface area (Å²) in [5.74, 6) is -0.473. The van der Waals surface area contributed by atoms with E-state index in [1.54, 1.807) is 17.3 Å². The molecule has 1 amide bonds. The monoisotopic (exact) mass is 304 g/mol. The smallest absolute Gasteiger partial charge is 0.366 e. The fourth-order valence-corrected chi connectivity index (χ4v) is 2.49. The molecule has 1 fully saturated rings. The van der Waals surface area contributed by atoms with Gasteiger partial charge in [0.05, 0.1) is 12.7 Å². The third-order valence-electron chi connectivity index (χ3n) is 3.08. The summed E-state index contributed by atoms with van der Waals surface area (Å²) in [6.45, 7) is -0.162. The second kappa shape index (κ2) is 6.07. The van der Waals surface area contributed by atoms with E-state index in [4.69, 9.17) is 20.3 Å². The van der Waals surface area contributed by atoms with E-state index in [2.05, 4.69) is 4.52 Å². The molecule has 4 N–H and O–H groups in total. The zero-order valence-electron chi connectivity index (χ0n) is 10.7. The van der Waals surface area contributed by atoms with Gasteiger partial charge in [0.2, 0.25) is 5.91 Å². The predicted octanol–water partition coefficient (Wildman–Crippen LogP) is 0.189. The number of carbonyl (C=O) groups excluding carboxylic acids is 1. The molecular formula is C11H17N2O6P. The number of carbonyl (C=O) groups is 1. The van der Waals surface area contributed by atoms with Crippen LogP contribution >= 0.6 is 7.82 Å². The van der Waals surface area contributed by atoms with Crippen LogP contribution in [0.4, 0.5) is 0 Å². The Morgan fingerprint density at radius 2 is 2.30 bits per heavy atom. The van der Waals surface area contributed by atoms with Crippen molar-refractivity contribution < 1.29 is 28.4 Å². The summed E-state index contributed by atoms with van der Waals surface area (Å²) in [6.07, 6.45) is 6.35. The first-order valence-corrected chi connectivity index (χ1v) is 7.68. The van der Waals surface area contributed by atoms with E-state index >= 15 is 0 Å². The first kappa shape index (κ1) is 15.2. The van der Waals surface area contributed by atoms with Crippen LogP contribution in [0, 0.1) is 0 Å². The summed E-state index contributed by atoms with van der Waals surface area (Å²) >= 11 is 0. The molecule has 0 unspecified atom stereocenters. The van der Waals surface area contributed by atoms with Gasteiger partial charge < -0.3 is 25.2 Å². The number of hydrogen-bond acceptors (Lipinski definition) is 5. The lowest BCUT2D eigenvalue weighted by molar-refractivity contribution is -0.114. The topological polar surface area (TPSA) is 122 Å². The summed E-state index contributed by atoms with van der Waals surface area (Å²) in [5, 5.41) is 0. The zero-order valence-corrected chi connectivity index (χ0v) is 11.6. The minimum atomic E-state index is -4.47. The standard InChI is InChI=1S/C11H17N2O6P/c12-11(14)8-2-1-5-13(6-8)10-4-3-9(19-10)7-18-20(15,16)17/h1,5-6,9-10H,2-4,7H2,(H2,12,14)(H2,15,16,17)/t9-,10+/m0/s1. The van der Waals surface area contributed by atoms with Crippen LogP contribution in [0.2, 0.25) is 0 Å². The highest BCUT2D eigenvalue weighted by Gasteiger charge is 2.31. The molecule has 8 nitrogen and oxygen atoms in total. The Hall–Kier alpha value is -1.18. The number of ether oxygens (including phenoxy) is 1. The molecule has 112 valence electrons. The maximum absolute atomic E-state index is 11.1. The Balaban J connectivity index is 1.89. The Kier molecular flexibility index (Phi) is 4.62. The molecule has 2 aliphatic rings. The highest BCUT2D eigenvalue weighted by molar-refractivity contribution is 7.46. The summed E-state index contributed by atoms with van der Waals surface area (Å²) in [4.78, 5) is 30.2. The second-order valence-electron chi connectivity index (χ2n) is 4.63. The molecule has 9 heteroatoms. The van der Waals surface area contributed by atoms with Crippen molar-refractivity contribution >= 4 is 13.7 Å². The van der Waals surface area contributed by atoms with Gasteiger partial charge in [0.15, 0.2) is 0 Å². The number of rotatable bonds is 5. The summed E-state index contributed by atoms with van der Waals surface area (Å²) in [6, 6.07) is 0. The maximum Gasteiger partial charge on any atom is 0.469 e. The van der Waals surface area contributed by atoms with E-state index in [0.717, 1.165) is 0 Å². The Labute approximate surface area is 116 Å². The highest BCUT2D eigenvalue weighted by atomic mass is 31.2. The molecule has 0 bridgehead atoms. The summed E-state index contributed by atoms with van der Waals surface area (Å²) < 4.78 is 20.7. The molecule has 2 heterocycles. The van der Waals surface area contributed by atoms with Gasteiger partial charge in [0, 0.05) is 18.0 Å². The number of phosphoric acid groups is 1. The molecule has 2 aliphatic heterocycles. The molecule has 2 rings (SSSR count). The largest absolute Gasteiger partial charge is 0.469 e. The number of phosphoric ester groups is 1. The van der Waals surface area contributed by atoms with Crippen molar-refractivity contribution in [2.45, 2.75) is 31.6 Å². The van der Waals surface area contributed by atoms with Gasteiger partial charge in [-0.2, -0.15) is 0 Å². The van der Waals surface area contributed by atoms with Crippen LogP contribution in [-0.2, 0) is 18.6 Å². The van der Waals surface area contributed by atoms with E-state index in [0.29, 0.717) is 24.8 Å². The van der Waals surface area contributed by atoms with Gasteiger partial charge in [-0.25, -0.2) is 4.57 Å². The maximum atomic E-state index is 11.1. The third kappa shape index (κ3) is 4.16. The fourth-order valence-electron chi connectivity index (χ4n) is 2.13. The summed E-state index contributed by atoms with van der Waals surface area (Å²) in [7, 11) is -4.47. The van der Waals surface area contributed by atoms with E-state index < -0.39 is 13.7 Å². The van der Waals surface area contributed by atoms with Crippen molar-refractivity contribution in [2.24, 2.45) is 5.73 Å². The quantitative estimate of drug-likeness (QED) is 0.619. The molecule has 0 spiro atoms. The third-order valence-corrected chi connectivity index (χ3v) is 3.57. The minimum absolute atomic E-state index is 0.162. The van der Waals surface area contributed by atoms with Gasteiger partial charge in [0.1, 0.15) is 6.23 Å². The van der Waals surface area contributed by atoms with Crippen molar-refractivity contribution in [2.75, 3.05) is 6.61 Å².